The second-order valence-electron chi connectivity index (χ2n) is 6.34. The number of hydrogen-bond acceptors (Lipinski definition) is 3. The fraction of sp³-hybridized carbons (Fsp3) is 0.208. The summed E-state index contributed by atoms with van der Waals surface area (Å²) in [7, 11) is 0. The summed E-state index contributed by atoms with van der Waals surface area (Å²) in [5.41, 5.74) is 3.03. The van der Waals surface area contributed by atoms with Crippen molar-refractivity contribution in [2.24, 2.45) is 0 Å². The summed E-state index contributed by atoms with van der Waals surface area (Å²) in [6.07, 6.45) is 3.78. The van der Waals surface area contributed by atoms with E-state index in [1.807, 2.05) is 6.92 Å². The predicted molar refractivity (Wildman–Crippen MR) is 111 cm³/mol. The third-order valence-electron chi connectivity index (χ3n) is 4.43. The molecule has 0 unspecified atom stereocenters. The molecule has 3 heteroatoms. The Morgan fingerprint density at radius 1 is 0.926 bits per heavy atom. The standard InChI is InChI=1S/C24H24O3/c1-3-26-24-15-19(17-25)10-13-23(24)27-14-6-7-18(2)21-12-11-20-8-4-5-9-22(20)16-21/h4-5,7-13,15-17H,3,6,14H2,1-2H3. The van der Waals surface area contributed by atoms with E-state index in [-0.39, 0.29) is 0 Å². The summed E-state index contributed by atoms with van der Waals surface area (Å²) in [4.78, 5) is 10.9. The van der Waals surface area contributed by atoms with Crippen molar-refractivity contribution in [3.63, 3.8) is 0 Å². The molecule has 3 nitrogen and oxygen atoms in total. The number of rotatable bonds is 8. The summed E-state index contributed by atoms with van der Waals surface area (Å²) >= 11 is 0. The Morgan fingerprint density at radius 2 is 1.74 bits per heavy atom. The van der Waals surface area contributed by atoms with Crippen molar-refractivity contribution in [1.82, 2.24) is 0 Å². The fourth-order valence-electron chi connectivity index (χ4n) is 2.98. The van der Waals surface area contributed by atoms with Crippen molar-refractivity contribution in [2.45, 2.75) is 20.3 Å². The molecule has 0 spiro atoms. The molecule has 0 bridgehead atoms. The Kier molecular flexibility index (Phi) is 6.26. The Hall–Kier alpha value is -3.07. The van der Waals surface area contributed by atoms with Crippen LogP contribution in [-0.2, 0) is 0 Å². The van der Waals surface area contributed by atoms with Crippen LogP contribution < -0.4 is 9.47 Å². The van der Waals surface area contributed by atoms with Crippen LogP contribution in [0.25, 0.3) is 16.3 Å². The largest absolute Gasteiger partial charge is 0.490 e. The number of carbonyl (C=O) groups is 1. The van der Waals surface area contributed by atoms with Crippen LogP contribution in [0.1, 0.15) is 36.2 Å². The Balaban J connectivity index is 1.63. The normalized spacial score (nSPS) is 11.4. The van der Waals surface area contributed by atoms with E-state index in [4.69, 9.17) is 9.47 Å². The van der Waals surface area contributed by atoms with Crippen molar-refractivity contribution in [3.05, 3.63) is 77.9 Å². The van der Waals surface area contributed by atoms with Gasteiger partial charge < -0.3 is 9.47 Å². The van der Waals surface area contributed by atoms with Crippen LogP contribution in [0.4, 0.5) is 0 Å². The highest BCUT2D eigenvalue weighted by Crippen LogP contribution is 2.28. The second-order valence-corrected chi connectivity index (χ2v) is 6.34. The van der Waals surface area contributed by atoms with Gasteiger partial charge in [-0.1, -0.05) is 42.5 Å². The number of fused-ring (bicyclic) bond motifs is 1. The molecule has 0 fully saturated rings. The van der Waals surface area contributed by atoms with Gasteiger partial charge in [-0.25, -0.2) is 0 Å². The molecule has 0 aliphatic rings. The average molecular weight is 360 g/mol. The van der Waals surface area contributed by atoms with E-state index in [9.17, 15) is 4.79 Å². The Morgan fingerprint density at radius 3 is 2.52 bits per heavy atom. The molecule has 3 rings (SSSR count). The number of benzene rings is 3. The number of carbonyl (C=O) groups excluding carboxylic acids is 1. The predicted octanol–water partition coefficient (Wildman–Crippen LogP) is 5.92. The Bertz CT molecular complexity index is 957. The van der Waals surface area contributed by atoms with Gasteiger partial charge in [0.15, 0.2) is 11.5 Å². The van der Waals surface area contributed by atoms with E-state index >= 15 is 0 Å². The van der Waals surface area contributed by atoms with Gasteiger partial charge in [-0.3, -0.25) is 4.79 Å². The lowest BCUT2D eigenvalue weighted by Gasteiger charge is -2.12. The molecule has 0 aliphatic carbocycles. The molecular formula is C24H24O3. The SMILES string of the molecule is CCOc1cc(C=O)ccc1OCCC=C(C)c1ccc2ccccc2c1. The van der Waals surface area contributed by atoms with E-state index in [2.05, 4.69) is 55.5 Å². The van der Waals surface area contributed by atoms with Gasteiger partial charge in [0.25, 0.3) is 0 Å². The van der Waals surface area contributed by atoms with Crippen LogP contribution in [0.2, 0.25) is 0 Å². The number of ether oxygens (including phenoxy) is 2. The van der Waals surface area contributed by atoms with Gasteiger partial charge in [-0.15, -0.1) is 0 Å². The van der Waals surface area contributed by atoms with Gasteiger partial charge in [-0.2, -0.15) is 0 Å². The molecule has 27 heavy (non-hydrogen) atoms. The van der Waals surface area contributed by atoms with Gasteiger partial charge in [0.1, 0.15) is 6.29 Å². The minimum absolute atomic E-state index is 0.527. The smallest absolute Gasteiger partial charge is 0.161 e. The van der Waals surface area contributed by atoms with Gasteiger partial charge >= 0.3 is 0 Å². The molecule has 0 atom stereocenters. The van der Waals surface area contributed by atoms with Gasteiger partial charge in [0, 0.05) is 12.0 Å². The number of aldehydes is 1. The summed E-state index contributed by atoms with van der Waals surface area (Å²) in [6, 6.07) is 20.1. The summed E-state index contributed by atoms with van der Waals surface area (Å²) in [5.74, 6) is 1.27. The zero-order valence-corrected chi connectivity index (χ0v) is 15.8. The zero-order valence-electron chi connectivity index (χ0n) is 15.8. The van der Waals surface area contributed by atoms with Crippen molar-refractivity contribution in [1.29, 1.82) is 0 Å². The van der Waals surface area contributed by atoms with Gasteiger partial charge in [0.05, 0.1) is 13.2 Å². The highest BCUT2D eigenvalue weighted by Gasteiger charge is 2.06. The molecule has 0 saturated heterocycles. The third-order valence-corrected chi connectivity index (χ3v) is 4.43. The van der Waals surface area contributed by atoms with E-state index in [1.165, 1.54) is 21.9 Å². The first-order valence-electron chi connectivity index (χ1n) is 9.22. The number of hydrogen-bond donors (Lipinski definition) is 0. The van der Waals surface area contributed by atoms with Crippen molar-refractivity contribution < 1.29 is 14.3 Å². The van der Waals surface area contributed by atoms with Gasteiger partial charge in [-0.05, 0) is 60.0 Å². The lowest BCUT2D eigenvalue weighted by atomic mass is 10.0. The Labute approximate surface area is 160 Å². The third kappa shape index (κ3) is 4.76. The first-order valence-corrected chi connectivity index (χ1v) is 9.22. The minimum Gasteiger partial charge on any atom is -0.490 e. The fourth-order valence-corrected chi connectivity index (χ4v) is 2.98. The van der Waals surface area contributed by atoms with E-state index in [0.717, 1.165) is 12.7 Å². The van der Waals surface area contributed by atoms with Crippen LogP contribution in [0, 0.1) is 0 Å². The van der Waals surface area contributed by atoms with Crippen LogP contribution in [-0.4, -0.2) is 19.5 Å². The zero-order chi connectivity index (χ0) is 19.1. The maximum atomic E-state index is 10.9. The molecule has 0 amide bonds. The minimum atomic E-state index is 0.527. The molecule has 3 aromatic carbocycles. The lowest BCUT2D eigenvalue weighted by molar-refractivity contribution is 0.112. The van der Waals surface area contributed by atoms with E-state index < -0.39 is 0 Å². The first kappa shape index (κ1) is 18.7. The first-order chi connectivity index (χ1) is 13.2. The van der Waals surface area contributed by atoms with Crippen LogP contribution in [0.5, 0.6) is 11.5 Å². The maximum Gasteiger partial charge on any atom is 0.161 e. The highest BCUT2D eigenvalue weighted by atomic mass is 16.5. The van der Waals surface area contributed by atoms with Crippen molar-refractivity contribution in [3.8, 4) is 11.5 Å². The van der Waals surface area contributed by atoms with E-state index in [1.54, 1.807) is 18.2 Å². The summed E-state index contributed by atoms with van der Waals surface area (Å²) < 4.78 is 11.4. The van der Waals surface area contributed by atoms with Crippen LogP contribution >= 0.6 is 0 Å². The topological polar surface area (TPSA) is 35.5 Å². The summed E-state index contributed by atoms with van der Waals surface area (Å²) in [6.45, 7) is 5.10. The van der Waals surface area contributed by atoms with Crippen molar-refractivity contribution in [2.75, 3.05) is 13.2 Å². The monoisotopic (exact) mass is 360 g/mol. The summed E-state index contributed by atoms with van der Waals surface area (Å²) in [5, 5.41) is 2.50. The van der Waals surface area contributed by atoms with Crippen LogP contribution in [0.15, 0.2) is 66.7 Å². The molecule has 0 N–H and O–H groups in total. The molecule has 0 saturated carbocycles. The molecule has 0 radical (unpaired) electrons. The quantitative estimate of drug-likeness (QED) is 0.369. The average Bonchev–Trinajstić information content (AvgIpc) is 2.71. The molecule has 138 valence electrons. The molecule has 0 heterocycles. The molecule has 0 aromatic heterocycles. The number of allylic oxidation sites excluding steroid dienone is 1. The molecule has 3 aromatic rings. The molecular weight excluding hydrogens is 336 g/mol. The van der Waals surface area contributed by atoms with Gasteiger partial charge in [0.2, 0.25) is 0 Å². The van der Waals surface area contributed by atoms with E-state index in [0.29, 0.717) is 30.3 Å². The lowest BCUT2D eigenvalue weighted by Crippen LogP contribution is -2.01. The van der Waals surface area contributed by atoms with Crippen molar-refractivity contribution >= 4 is 22.6 Å². The second kappa shape index (κ2) is 9.04. The van der Waals surface area contributed by atoms with Crippen LogP contribution in [0.3, 0.4) is 0 Å². The maximum absolute atomic E-state index is 10.9. The molecule has 0 aliphatic heterocycles. The highest BCUT2D eigenvalue weighted by molar-refractivity contribution is 5.86.